The summed E-state index contributed by atoms with van der Waals surface area (Å²) in [6.45, 7) is 21.2. The number of hydrogen-bond acceptors (Lipinski definition) is 13. The van der Waals surface area contributed by atoms with Crippen molar-refractivity contribution in [2.75, 3.05) is 6.61 Å². The number of esters is 3. The molecule has 374 valence electrons. The highest BCUT2D eigenvalue weighted by Crippen LogP contribution is 2.65. The van der Waals surface area contributed by atoms with Gasteiger partial charge in [-0.05, 0) is 79.0 Å². The number of rotatable bonds is 18. The van der Waals surface area contributed by atoms with E-state index in [2.05, 4.69) is 26.1 Å². The Bertz CT molecular complexity index is 2200. The molecule has 3 N–H and O–H groups in total. The Balaban J connectivity index is 1.56. The molecular weight excluding hydrogens is 903 g/mol. The Kier molecular flexibility index (Phi) is 16.0. The molecular formula is C52H75NO13Si2. The Hall–Kier alpha value is -4.04. The standard InChI is InChI=1S/C52H75NO13Si2/c1-13-67(14-2,15-3)65-39-29-38(56)51(64-34(9)55)31-61-46-44(51)50(39,12)45(57)42(62-33(8)54)40-32(7)37(30-52(46,60)49(40,10)11)63-48(59)43(66-68(16-4,17-5)18-6)41(35-25-21-19-22-26-35)53-47(58)36-27-23-20-24-28-36/h19-28,37-39,41-44,46,56,60H,13-18,29-31H2,1-12H3,(H,53,58)/t37-,38+,39-,41-,42+,43+,44-,46-,50+,51-,52+/m0/s1. The van der Waals surface area contributed by atoms with Crippen molar-refractivity contribution < 1.29 is 62.0 Å². The second-order valence-corrected chi connectivity index (χ2v) is 29.7. The van der Waals surface area contributed by atoms with Crippen molar-refractivity contribution in [3.8, 4) is 0 Å². The summed E-state index contributed by atoms with van der Waals surface area (Å²) >= 11 is 0. The maximum Gasteiger partial charge on any atom is 0.337 e. The zero-order valence-electron chi connectivity index (χ0n) is 42.1. The van der Waals surface area contributed by atoms with Crippen molar-refractivity contribution in [3.63, 3.8) is 0 Å². The lowest BCUT2D eigenvalue weighted by Crippen LogP contribution is -2.75. The maximum atomic E-state index is 16.1. The zero-order valence-corrected chi connectivity index (χ0v) is 44.1. The first-order chi connectivity index (χ1) is 32.0. The third-order valence-corrected chi connectivity index (χ3v) is 26.1. The van der Waals surface area contributed by atoms with E-state index >= 15 is 9.59 Å². The van der Waals surface area contributed by atoms with Gasteiger partial charge in [-0.3, -0.25) is 19.2 Å². The van der Waals surface area contributed by atoms with Crippen LogP contribution in [0.1, 0.15) is 118 Å². The maximum absolute atomic E-state index is 16.1. The number of Topliss-reactive ketones (excluding diaryl/α,β-unsaturated/α-hetero) is 1. The van der Waals surface area contributed by atoms with Crippen LogP contribution >= 0.6 is 0 Å². The third-order valence-electron chi connectivity index (χ3n) is 16.8. The quantitative estimate of drug-likeness (QED) is 0.0565. The number of fused-ring (bicyclic) bond motifs is 3. The van der Waals surface area contributed by atoms with E-state index < -0.39 is 117 Å². The van der Waals surface area contributed by atoms with E-state index in [1.807, 2.05) is 51.1 Å². The predicted octanol–water partition coefficient (Wildman–Crippen LogP) is 7.93. The minimum atomic E-state index is -2.68. The van der Waals surface area contributed by atoms with Gasteiger partial charge in [0.1, 0.15) is 11.7 Å². The zero-order chi connectivity index (χ0) is 50.2. The summed E-state index contributed by atoms with van der Waals surface area (Å²) in [6, 6.07) is 20.9. The molecule has 0 aromatic heterocycles. The van der Waals surface area contributed by atoms with Crippen LogP contribution in [0.2, 0.25) is 36.3 Å². The van der Waals surface area contributed by atoms with E-state index in [9.17, 15) is 24.6 Å². The summed E-state index contributed by atoms with van der Waals surface area (Å²) in [5.74, 6) is -4.52. The Morgan fingerprint density at radius 1 is 0.824 bits per heavy atom. The first-order valence-corrected chi connectivity index (χ1v) is 29.7. The lowest BCUT2D eigenvalue weighted by atomic mass is 9.46. The molecule has 1 saturated heterocycles. The lowest BCUT2D eigenvalue weighted by molar-refractivity contribution is -0.242. The molecule has 0 unspecified atom stereocenters. The molecule has 1 aliphatic heterocycles. The van der Waals surface area contributed by atoms with Gasteiger partial charge in [-0.25, -0.2) is 4.79 Å². The number of ether oxygens (including phenoxy) is 4. The van der Waals surface area contributed by atoms with Gasteiger partial charge in [0.05, 0.1) is 36.4 Å². The van der Waals surface area contributed by atoms with Crippen molar-refractivity contribution in [2.45, 2.75) is 186 Å². The molecule has 1 heterocycles. The normalized spacial score (nSPS) is 30.8. The number of carbonyl (C=O) groups is 5. The molecule has 3 fully saturated rings. The summed E-state index contributed by atoms with van der Waals surface area (Å²) in [4.78, 5) is 72.1. The van der Waals surface area contributed by atoms with Crippen LogP contribution in [0.5, 0.6) is 0 Å². The number of nitrogens with one attached hydrogen (secondary N) is 1. The van der Waals surface area contributed by atoms with Crippen molar-refractivity contribution in [1.82, 2.24) is 5.32 Å². The van der Waals surface area contributed by atoms with Gasteiger partial charge in [0.15, 0.2) is 40.2 Å². The molecule has 2 aromatic carbocycles. The van der Waals surface area contributed by atoms with Gasteiger partial charge >= 0.3 is 17.9 Å². The van der Waals surface area contributed by atoms with Crippen molar-refractivity contribution in [1.29, 1.82) is 0 Å². The topological polar surface area (TPSA) is 193 Å². The molecule has 6 rings (SSSR count). The van der Waals surface area contributed by atoms with Crippen molar-refractivity contribution in [3.05, 3.63) is 82.9 Å². The number of aliphatic hydroxyl groups excluding tert-OH is 1. The number of aliphatic hydroxyl groups is 2. The van der Waals surface area contributed by atoms with E-state index in [1.54, 1.807) is 58.0 Å². The molecule has 16 heteroatoms. The van der Waals surface area contributed by atoms with E-state index in [4.69, 9.17) is 27.8 Å². The van der Waals surface area contributed by atoms with Crippen molar-refractivity contribution >= 4 is 46.2 Å². The summed E-state index contributed by atoms with van der Waals surface area (Å²) in [6.07, 6.45) is -8.27. The van der Waals surface area contributed by atoms with Crippen LogP contribution < -0.4 is 5.32 Å². The van der Waals surface area contributed by atoms with Gasteiger partial charge in [-0.15, -0.1) is 0 Å². The second-order valence-electron chi connectivity index (χ2n) is 20.3. The molecule has 2 saturated carbocycles. The van der Waals surface area contributed by atoms with Crippen LogP contribution in [0.25, 0.3) is 0 Å². The minimum absolute atomic E-state index is 0.0907. The Morgan fingerprint density at radius 2 is 1.38 bits per heavy atom. The van der Waals surface area contributed by atoms with E-state index in [1.165, 1.54) is 13.8 Å². The fourth-order valence-electron chi connectivity index (χ4n) is 12.2. The highest BCUT2D eigenvalue weighted by Gasteiger charge is 2.78. The molecule has 68 heavy (non-hydrogen) atoms. The first-order valence-electron chi connectivity index (χ1n) is 24.7. The third kappa shape index (κ3) is 9.11. The van der Waals surface area contributed by atoms with Gasteiger partial charge in [0, 0.05) is 43.6 Å². The fourth-order valence-corrected chi connectivity index (χ4v) is 17.9. The molecule has 3 aliphatic carbocycles. The largest absolute Gasteiger partial charge is 0.456 e. The molecule has 2 aromatic rings. The van der Waals surface area contributed by atoms with Gasteiger partial charge in [0.25, 0.3) is 5.91 Å². The SMILES string of the molecule is CC[Si](CC)(CC)O[C@H]1C[C@@H](O)[C@@]2(OC(C)=O)CO[C@H]3[C@H]2[C@]1(C)C(=O)[C@H](OC(C)=O)C1=C(C)[C@@H](OC(=O)[C@H](O[Si](CC)(CC)CC)[C@@H](NC(=O)c2ccccc2)c2ccccc2)C[C@]3(O)C1(C)C. The minimum Gasteiger partial charge on any atom is -0.456 e. The molecule has 0 radical (unpaired) electrons. The highest BCUT2D eigenvalue weighted by molar-refractivity contribution is 6.74. The number of benzene rings is 2. The van der Waals surface area contributed by atoms with E-state index in [-0.39, 0.29) is 25.0 Å². The Labute approximate surface area is 404 Å². The van der Waals surface area contributed by atoms with Crippen LogP contribution in [0.3, 0.4) is 0 Å². The molecule has 1 amide bonds. The van der Waals surface area contributed by atoms with Crippen LogP contribution in [-0.4, -0.2) is 111 Å². The smallest absolute Gasteiger partial charge is 0.337 e. The second kappa shape index (κ2) is 20.4. The van der Waals surface area contributed by atoms with E-state index in [0.29, 0.717) is 34.8 Å². The predicted molar refractivity (Wildman–Crippen MR) is 260 cm³/mol. The number of carbonyl (C=O) groups excluding carboxylic acids is 5. The van der Waals surface area contributed by atoms with Crippen LogP contribution in [0.15, 0.2) is 71.8 Å². The summed E-state index contributed by atoms with van der Waals surface area (Å²) in [5.41, 5.74) is -5.35. The Morgan fingerprint density at radius 3 is 1.91 bits per heavy atom. The van der Waals surface area contributed by atoms with Gasteiger partial charge in [-0.2, -0.15) is 0 Å². The summed E-state index contributed by atoms with van der Waals surface area (Å²) in [5, 5.41) is 29.3. The van der Waals surface area contributed by atoms with Gasteiger partial charge in [0.2, 0.25) is 0 Å². The molecule has 0 spiro atoms. The number of hydrogen-bond donors (Lipinski definition) is 3. The monoisotopic (exact) mass is 977 g/mol. The number of ketones is 1. The van der Waals surface area contributed by atoms with Gasteiger partial charge < -0.3 is 43.3 Å². The lowest BCUT2D eigenvalue weighted by Gasteiger charge is -2.62. The first kappa shape index (κ1) is 53.3. The summed E-state index contributed by atoms with van der Waals surface area (Å²) < 4.78 is 39.9. The summed E-state index contributed by atoms with van der Waals surface area (Å²) in [7, 11) is -5.23. The van der Waals surface area contributed by atoms with Crippen LogP contribution in [0, 0.1) is 16.7 Å². The molecule has 14 nitrogen and oxygen atoms in total. The molecule has 2 bridgehead atoms. The molecule has 4 aliphatic rings. The number of amides is 1. The van der Waals surface area contributed by atoms with Crippen LogP contribution in [0.4, 0.5) is 0 Å². The van der Waals surface area contributed by atoms with E-state index in [0.717, 1.165) is 18.1 Å². The van der Waals surface area contributed by atoms with Crippen LogP contribution in [-0.2, 0) is 47.0 Å². The average Bonchev–Trinajstić information content (AvgIpc) is 3.72. The molecule has 11 atom stereocenters. The van der Waals surface area contributed by atoms with Crippen molar-refractivity contribution in [2.24, 2.45) is 16.7 Å². The van der Waals surface area contributed by atoms with Gasteiger partial charge in [-0.1, -0.05) is 104 Å². The fraction of sp³-hybridized carbons (Fsp3) is 0.635. The highest BCUT2D eigenvalue weighted by atomic mass is 28.4. The average molecular weight is 978 g/mol.